The Morgan fingerprint density at radius 1 is 1.30 bits per heavy atom. The van der Waals surface area contributed by atoms with E-state index in [-0.39, 0.29) is 4.87 Å². The van der Waals surface area contributed by atoms with Gasteiger partial charge in [0.25, 0.3) is 0 Å². The lowest BCUT2D eigenvalue weighted by Gasteiger charge is -2.32. The number of fused-ring (bicyclic) bond motifs is 1. The summed E-state index contributed by atoms with van der Waals surface area (Å²) in [6.45, 7) is 8.42. The van der Waals surface area contributed by atoms with Gasteiger partial charge in [-0.1, -0.05) is 23.5 Å². The highest BCUT2D eigenvalue weighted by atomic mass is 32.1. The molecule has 1 aliphatic heterocycles. The monoisotopic (exact) mass is 332 g/mol. The standard InChI is InChI=1S/C16H21BN2O3S/c1-15(2)16(3,4)22-17(21-15)11(9-18)7-10-5-6-12-13(8-10)23-14(20)19-12/h5-8H,9,18H2,1-4H3,(H,19,20). The highest BCUT2D eigenvalue weighted by molar-refractivity contribution is 7.16. The fourth-order valence-electron chi connectivity index (χ4n) is 2.48. The molecule has 122 valence electrons. The molecule has 3 N–H and O–H groups in total. The number of aromatic amines is 1. The lowest BCUT2D eigenvalue weighted by Crippen LogP contribution is -2.41. The zero-order valence-corrected chi connectivity index (χ0v) is 14.6. The Labute approximate surface area is 139 Å². The number of hydrogen-bond acceptors (Lipinski definition) is 5. The van der Waals surface area contributed by atoms with Gasteiger partial charge in [-0.05, 0) is 50.9 Å². The number of H-pyrrole nitrogens is 1. The topological polar surface area (TPSA) is 77.3 Å². The van der Waals surface area contributed by atoms with Crippen LogP contribution < -0.4 is 10.6 Å². The van der Waals surface area contributed by atoms with E-state index in [1.807, 2.05) is 52.0 Å². The van der Waals surface area contributed by atoms with Gasteiger partial charge in [-0.25, -0.2) is 0 Å². The van der Waals surface area contributed by atoms with Gasteiger partial charge in [-0.15, -0.1) is 0 Å². The Balaban J connectivity index is 1.93. The van der Waals surface area contributed by atoms with Crippen LogP contribution in [0.2, 0.25) is 0 Å². The van der Waals surface area contributed by atoms with Crippen LogP contribution in [0.25, 0.3) is 16.3 Å². The summed E-state index contributed by atoms with van der Waals surface area (Å²) in [5.41, 5.74) is 7.83. The summed E-state index contributed by atoms with van der Waals surface area (Å²) >= 11 is 1.20. The third kappa shape index (κ3) is 3.02. The first-order chi connectivity index (χ1) is 10.7. The summed E-state index contributed by atoms with van der Waals surface area (Å²) in [5.74, 6) is 0. The molecule has 5 nitrogen and oxygen atoms in total. The van der Waals surface area contributed by atoms with Crippen LogP contribution in [-0.4, -0.2) is 29.8 Å². The van der Waals surface area contributed by atoms with Gasteiger partial charge in [-0.3, -0.25) is 4.79 Å². The second kappa shape index (κ2) is 5.59. The van der Waals surface area contributed by atoms with E-state index in [9.17, 15) is 4.79 Å². The molecule has 0 atom stereocenters. The van der Waals surface area contributed by atoms with Crippen molar-refractivity contribution in [2.75, 3.05) is 6.54 Å². The van der Waals surface area contributed by atoms with Gasteiger partial charge in [0.15, 0.2) is 0 Å². The Hall–Kier alpha value is -1.41. The van der Waals surface area contributed by atoms with E-state index < -0.39 is 18.3 Å². The molecule has 0 spiro atoms. The Kier molecular flexibility index (Phi) is 4.00. The molecule has 1 saturated heterocycles. The third-order valence-electron chi connectivity index (χ3n) is 4.59. The number of aromatic nitrogens is 1. The number of benzene rings is 1. The molecule has 2 heterocycles. The first-order valence-electron chi connectivity index (χ1n) is 7.61. The summed E-state index contributed by atoms with van der Waals surface area (Å²) < 4.78 is 13.0. The average Bonchev–Trinajstić information content (AvgIpc) is 2.91. The summed E-state index contributed by atoms with van der Waals surface area (Å²) in [6, 6.07) is 5.82. The van der Waals surface area contributed by atoms with Gasteiger partial charge in [-0.2, -0.15) is 0 Å². The van der Waals surface area contributed by atoms with E-state index in [1.54, 1.807) is 0 Å². The Bertz CT molecular complexity index is 806. The highest BCUT2D eigenvalue weighted by Crippen LogP contribution is 2.38. The second-order valence-corrected chi connectivity index (χ2v) is 7.80. The molecular formula is C16H21BN2O3S. The van der Waals surface area contributed by atoms with Gasteiger partial charge in [0.1, 0.15) is 0 Å². The SMILES string of the molecule is CC1(C)OB(C(=Cc2ccc3[nH]c(=O)sc3c2)CN)OC1(C)C. The van der Waals surface area contributed by atoms with Crippen molar-refractivity contribution >= 4 is 34.7 Å². The average molecular weight is 332 g/mol. The van der Waals surface area contributed by atoms with Crippen LogP contribution in [0.4, 0.5) is 0 Å². The molecule has 1 fully saturated rings. The number of hydrogen-bond donors (Lipinski definition) is 2. The molecule has 0 amide bonds. The van der Waals surface area contributed by atoms with Gasteiger partial charge in [0, 0.05) is 6.54 Å². The molecular weight excluding hydrogens is 311 g/mol. The summed E-state index contributed by atoms with van der Waals surface area (Å²) in [7, 11) is -0.453. The van der Waals surface area contributed by atoms with Gasteiger partial charge >= 0.3 is 12.0 Å². The molecule has 0 aliphatic carbocycles. The lowest BCUT2D eigenvalue weighted by molar-refractivity contribution is 0.00578. The van der Waals surface area contributed by atoms with E-state index in [0.29, 0.717) is 6.54 Å². The number of thiazole rings is 1. The van der Waals surface area contributed by atoms with Crippen LogP contribution in [0.1, 0.15) is 33.3 Å². The number of nitrogens with two attached hydrogens (primary N) is 1. The van der Waals surface area contributed by atoms with Gasteiger partial charge in [0.2, 0.25) is 0 Å². The molecule has 0 saturated carbocycles. The fraction of sp³-hybridized carbons (Fsp3) is 0.438. The van der Waals surface area contributed by atoms with Gasteiger partial charge in [0.05, 0.1) is 21.4 Å². The zero-order valence-electron chi connectivity index (χ0n) is 13.8. The second-order valence-electron chi connectivity index (χ2n) is 6.78. The maximum Gasteiger partial charge on any atom is 0.491 e. The largest absolute Gasteiger partial charge is 0.491 e. The highest BCUT2D eigenvalue weighted by Gasteiger charge is 2.52. The molecule has 2 aromatic rings. The minimum atomic E-state index is -0.453. The zero-order chi connectivity index (χ0) is 16.8. The molecule has 7 heteroatoms. The minimum Gasteiger partial charge on any atom is -0.400 e. The van der Waals surface area contributed by atoms with E-state index in [2.05, 4.69) is 4.98 Å². The van der Waals surface area contributed by atoms with Crippen molar-refractivity contribution < 1.29 is 9.31 Å². The van der Waals surface area contributed by atoms with Crippen molar-refractivity contribution in [2.45, 2.75) is 38.9 Å². The van der Waals surface area contributed by atoms with E-state index in [0.717, 1.165) is 21.3 Å². The van der Waals surface area contributed by atoms with Crippen LogP contribution in [0, 0.1) is 0 Å². The Morgan fingerprint density at radius 2 is 1.96 bits per heavy atom. The van der Waals surface area contributed by atoms with Crippen LogP contribution in [0.15, 0.2) is 28.5 Å². The molecule has 1 aromatic heterocycles. The molecule has 1 aromatic carbocycles. The normalized spacial score (nSPS) is 20.4. The van der Waals surface area contributed by atoms with Crippen LogP contribution >= 0.6 is 11.3 Å². The first-order valence-corrected chi connectivity index (χ1v) is 8.42. The third-order valence-corrected chi connectivity index (χ3v) is 5.43. The number of nitrogens with one attached hydrogen (secondary N) is 1. The molecule has 0 bridgehead atoms. The van der Waals surface area contributed by atoms with Crippen molar-refractivity contribution in [3.05, 3.63) is 38.9 Å². The molecule has 0 radical (unpaired) electrons. The first kappa shape index (κ1) is 16.5. The summed E-state index contributed by atoms with van der Waals surface area (Å²) in [6.07, 6.45) is 1.98. The summed E-state index contributed by atoms with van der Waals surface area (Å²) in [4.78, 5) is 14.2. The maximum atomic E-state index is 11.4. The predicted octanol–water partition coefficient (Wildman–Crippen LogP) is 2.56. The Morgan fingerprint density at radius 3 is 2.57 bits per heavy atom. The van der Waals surface area contributed by atoms with Crippen molar-refractivity contribution in [1.29, 1.82) is 0 Å². The maximum absolute atomic E-state index is 11.4. The van der Waals surface area contributed by atoms with E-state index in [1.165, 1.54) is 11.3 Å². The predicted molar refractivity (Wildman–Crippen MR) is 95.6 cm³/mol. The summed E-state index contributed by atoms with van der Waals surface area (Å²) in [5, 5.41) is 0. The van der Waals surface area contributed by atoms with Crippen molar-refractivity contribution in [1.82, 2.24) is 4.98 Å². The lowest BCUT2D eigenvalue weighted by atomic mass is 9.77. The molecule has 1 aliphatic rings. The smallest absolute Gasteiger partial charge is 0.400 e. The molecule has 23 heavy (non-hydrogen) atoms. The quantitative estimate of drug-likeness (QED) is 0.847. The van der Waals surface area contributed by atoms with Crippen LogP contribution in [-0.2, 0) is 9.31 Å². The van der Waals surface area contributed by atoms with E-state index >= 15 is 0 Å². The van der Waals surface area contributed by atoms with Crippen LogP contribution in [0.3, 0.4) is 0 Å². The van der Waals surface area contributed by atoms with Crippen molar-refractivity contribution in [3.8, 4) is 0 Å². The fourth-order valence-corrected chi connectivity index (χ4v) is 3.27. The number of rotatable bonds is 3. The van der Waals surface area contributed by atoms with Crippen molar-refractivity contribution in [3.63, 3.8) is 0 Å². The van der Waals surface area contributed by atoms with Gasteiger partial charge < -0.3 is 20.0 Å². The van der Waals surface area contributed by atoms with Crippen molar-refractivity contribution in [2.24, 2.45) is 5.73 Å². The minimum absolute atomic E-state index is 0.0499. The molecule has 0 unspecified atom stereocenters. The van der Waals surface area contributed by atoms with Crippen LogP contribution in [0.5, 0.6) is 0 Å². The molecule has 3 rings (SSSR count). The van der Waals surface area contributed by atoms with E-state index in [4.69, 9.17) is 15.0 Å².